The number of hydrogen-bond acceptors (Lipinski definition) is 4. The Morgan fingerprint density at radius 2 is 2.16 bits per heavy atom. The Labute approximate surface area is 117 Å². The zero-order valence-electron chi connectivity index (χ0n) is 10.0. The summed E-state index contributed by atoms with van der Waals surface area (Å²) < 4.78 is 27.1. The molecule has 1 aliphatic heterocycles. The predicted molar refractivity (Wildman–Crippen MR) is 74.0 cm³/mol. The topological polar surface area (TPSA) is 108 Å². The van der Waals surface area contributed by atoms with E-state index in [0.717, 1.165) is 5.56 Å². The Kier molecular flexibility index (Phi) is 4.61. The van der Waals surface area contributed by atoms with Crippen LogP contribution in [0.5, 0.6) is 0 Å². The number of rotatable bonds is 4. The second kappa shape index (κ2) is 5.64. The van der Waals surface area contributed by atoms with Crippen LogP contribution in [0, 0.1) is 0 Å². The smallest absolute Gasteiger partial charge is 0.326 e. The molecule has 1 aliphatic rings. The van der Waals surface area contributed by atoms with E-state index in [4.69, 9.17) is 5.11 Å². The Morgan fingerprint density at radius 1 is 1.47 bits per heavy atom. The average Bonchev–Trinajstić information content (AvgIpc) is 2.71. The fourth-order valence-electron chi connectivity index (χ4n) is 1.77. The molecule has 1 unspecified atom stereocenters. The number of nitrogens with one attached hydrogen (secondary N) is 3. The molecule has 106 valence electrons. The van der Waals surface area contributed by atoms with Gasteiger partial charge in [0.25, 0.3) is 10.2 Å². The number of fused-ring (bicyclic) bond motifs is 1. The van der Waals surface area contributed by atoms with Crippen LogP contribution in [-0.4, -0.2) is 32.6 Å². The van der Waals surface area contributed by atoms with Gasteiger partial charge in [-0.15, -0.1) is 12.4 Å². The van der Waals surface area contributed by atoms with E-state index in [2.05, 4.69) is 14.8 Å². The number of benzene rings is 1. The van der Waals surface area contributed by atoms with Gasteiger partial charge >= 0.3 is 5.97 Å². The SMILES string of the molecule is CNS(=O)(=O)Nc1ccc2c(c1)NC(C(=O)O)C2.Cl. The van der Waals surface area contributed by atoms with Crippen LogP contribution >= 0.6 is 12.4 Å². The molecule has 0 saturated carbocycles. The van der Waals surface area contributed by atoms with Crippen molar-refractivity contribution >= 4 is 40.0 Å². The van der Waals surface area contributed by atoms with Gasteiger partial charge in [-0.05, 0) is 17.7 Å². The highest BCUT2D eigenvalue weighted by Crippen LogP contribution is 2.29. The molecule has 0 fully saturated rings. The highest BCUT2D eigenvalue weighted by molar-refractivity contribution is 7.90. The molecule has 4 N–H and O–H groups in total. The molecule has 7 nitrogen and oxygen atoms in total. The fraction of sp³-hybridized carbons (Fsp3) is 0.300. The summed E-state index contributed by atoms with van der Waals surface area (Å²) in [6.07, 6.45) is 0.393. The van der Waals surface area contributed by atoms with Crippen LogP contribution in [0.25, 0.3) is 0 Å². The second-order valence-corrected chi connectivity index (χ2v) is 5.54. The third-order valence-corrected chi connectivity index (χ3v) is 3.72. The Morgan fingerprint density at radius 3 is 2.74 bits per heavy atom. The summed E-state index contributed by atoms with van der Waals surface area (Å²) in [5.74, 6) is -0.927. The standard InChI is InChI=1S/C10H13N3O4S.ClH/c1-11-18(16,17)13-7-3-2-6-4-9(10(14)15)12-8(6)5-7;/h2-3,5,9,11-13H,4H2,1H3,(H,14,15);1H. The van der Waals surface area contributed by atoms with Crippen molar-refractivity contribution in [1.29, 1.82) is 0 Å². The van der Waals surface area contributed by atoms with E-state index in [1.54, 1.807) is 18.2 Å². The Bertz CT molecular complexity index is 590. The molecular formula is C10H14ClN3O4S. The summed E-state index contributed by atoms with van der Waals surface area (Å²) in [5, 5.41) is 11.7. The molecule has 0 radical (unpaired) electrons. The summed E-state index contributed by atoms with van der Waals surface area (Å²) in [7, 11) is -2.26. The molecule has 0 saturated heterocycles. The fourth-order valence-corrected chi connectivity index (χ4v) is 2.31. The molecule has 1 heterocycles. The van der Waals surface area contributed by atoms with Crippen LogP contribution in [-0.2, 0) is 21.4 Å². The van der Waals surface area contributed by atoms with Gasteiger partial charge in [0.1, 0.15) is 6.04 Å². The lowest BCUT2D eigenvalue weighted by molar-refractivity contribution is -0.137. The minimum atomic E-state index is -3.56. The van der Waals surface area contributed by atoms with Gasteiger partial charge in [0, 0.05) is 19.2 Å². The quantitative estimate of drug-likeness (QED) is 0.644. The van der Waals surface area contributed by atoms with E-state index in [-0.39, 0.29) is 12.4 Å². The summed E-state index contributed by atoms with van der Waals surface area (Å²) in [6, 6.07) is 4.22. The Hall–Kier alpha value is -1.51. The maximum absolute atomic E-state index is 11.3. The average molecular weight is 308 g/mol. The molecule has 0 bridgehead atoms. The Balaban J connectivity index is 0.00000180. The van der Waals surface area contributed by atoms with Crippen molar-refractivity contribution in [2.45, 2.75) is 12.5 Å². The van der Waals surface area contributed by atoms with Gasteiger partial charge in [0.2, 0.25) is 0 Å². The first-order chi connectivity index (χ1) is 8.41. The lowest BCUT2D eigenvalue weighted by Crippen LogP contribution is -2.26. The first-order valence-corrected chi connectivity index (χ1v) is 6.73. The van der Waals surface area contributed by atoms with E-state index >= 15 is 0 Å². The van der Waals surface area contributed by atoms with Crippen LogP contribution in [0.1, 0.15) is 5.56 Å². The number of carbonyl (C=O) groups is 1. The van der Waals surface area contributed by atoms with Gasteiger partial charge in [0.15, 0.2) is 0 Å². The van der Waals surface area contributed by atoms with E-state index in [0.29, 0.717) is 17.8 Å². The summed E-state index contributed by atoms with van der Waals surface area (Å²) >= 11 is 0. The number of carboxylic acid groups (broad SMARTS) is 1. The molecular weight excluding hydrogens is 294 g/mol. The first kappa shape index (κ1) is 15.5. The maximum Gasteiger partial charge on any atom is 0.326 e. The second-order valence-electron chi connectivity index (χ2n) is 3.92. The molecule has 0 aliphatic carbocycles. The molecule has 0 spiro atoms. The highest BCUT2D eigenvalue weighted by atomic mass is 35.5. The zero-order chi connectivity index (χ0) is 13.3. The number of hydrogen-bond donors (Lipinski definition) is 4. The van der Waals surface area contributed by atoms with Gasteiger partial charge in [-0.1, -0.05) is 6.07 Å². The van der Waals surface area contributed by atoms with Crippen molar-refractivity contribution in [2.24, 2.45) is 0 Å². The molecule has 19 heavy (non-hydrogen) atoms. The number of anilines is 2. The third kappa shape index (κ3) is 3.49. The van der Waals surface area contributed by atoms with E-state index < -0.39 is 22.2 Å². The lowest BCUT2D eigenvalue weighted by atomic mass is 10.1. The normalized spacial score (nSPS) is 17.0. The lowest BCUT2D eigenvalue weighted by Gasteiger charge is -2.08. The van der Waals surface area contributed by atoms with Crippen molar-refractivity contribution in [3.05, 3.63) is 23.8 Å². The number of aliphatic carboxylic acids is 1. The summed E-state index contributed by atoms with van der Waals surface area (Å²) in [4.78, 5) is 10.8. The zero-order valence-corrected chi connectivity index (χ0v) is 11.6. The third-order valence-electron chi connectivity index (χ3n) is 2.68. The highest BCUT2D eigenvalue weighted by Gasteiger charge is 2.26. The van der Waals surface area contributed by atoms with Crippen molar-refractivity contribution < 1.29 is 18.3 Å². The molecule has 1 atom stereocenters. The van der Waals surface area contributed by atoms with E-state index in [1.165, 1.54) is 7.05 Å². The van der Waals surface area contributed by atoms with Gasteiger partial charge in [-0.25, -0.2) is 9.52 Å². The monoisotopic (exact) mass is 307 g/mol. The minimum absolute atomic E-state index is 0. The molecule has 0 amide bonds. The van der Waals surface area contributed by atoms with Crippen LogP contribution in [0.4, 0.5) is 11.4 Å². The molecule has 0 aromatic heterocycles. The van der Waals surface area contributed by atoms with E-state index in [1.807, 2.05) is 0 Å². The van der Waals surface area contributed by atoms with E-state index in [9.17, 15) is 13.2 Å². The van der Waals surface area contributed by atoms with Gasteiger partial charge in [-0.3, -0.25) is 4.72 Å². The number of halogens is 1. The molecule has 9 heteroatoms. The number of carboxylic acids is 1. The first-order valence-electron chi connectivity index (χ1n) is 5.25. The summed E-state index contributed by atoms with van der Waals surface area (Å²) in [6.45, 7) is 0. The maximum atomic E-state index is 11.3. The molecule has 2 rings (SSSR count). The molecule has 1 aromatic rings. The van der Waals surface area contributed by atoms with Crippen LogP contribution in [0.2, 0.25) is 0 Å². The summed E-state index contributed by atoms with van der Waals surface area (Å²) in [5.41, 5.74) is 1.87. The van der Waals surface area contributed by atoms with Crippen molar-refractivity contribution in [2.75, 3.05) is 17.1 Å². The van der Waals surface area contributed by atoms with Crippen molar-refractivity contribution in [1.82, 2.24) is 4.72 Å². The predicted octanol–water partition coefficient (Wildman–Crippen LogP) is 0.406. The van der Waals surface area contributed by atoms with Gasteiger partial charge in [0.05, 0.1) is 5.69 Å². The van der Waals surface area contributed by atoms with Crippen molar-refractivity contribution in [3.8, 4) is 0 Å². The van der Waals surface area contributed by atoms with Crippen LogP contribution < -0.4 is 14.8 Å². The molecule has 1 aromatic carbocycles. The van der Waals surface area contributed by atoms with Crippen LogP contribution in [0.15, 0.2) is 18.2 Å². The van der Waals surface area contributed by atoms with Crippen LogP contribution in [0.3, 0.4) is 0 Å². The minimum Gasteiger partial charge on any atom is -0.480 e. The largest absolute Gasteiger partial charge is 0.480 e. The van der Waals surface area contributed by atoms with Crippen molar-refractivity contribution in [3.63, 3.8) is 0 Å². The van der Waals surface area contributed by atoms with Gasteiger partial charge in [-0.2, -0.15) is 8.42 Å². The van der Waals surface area contributed by atoms with Gasteiger partial charge < -0.3 is 10.4 Å².